The summed E-state index contributed by atoms with van der Waals surface area (Å²) in [5, 5.41) is 7.71. The summed E-state index contributed by atoms with van der Waals surface area (Å²) in [5.74, 6) is 1.33. The second-order valence-electron chi connectivity index (χ2n) is 4.14. The lowest BCUT2D eigenvalue weighted by molar-refractivity contribution is 0.580. The highest BCUT2D eigenvalue weighted by atomic mass is 15.3. The third-order valence-electron chi connectivity index (χ3n) is 2.80. The average Bonchev–Trinajstić information content (AvgIpc) is 2.68. The van der Waals surface area contributed by atoms with Crippen LogP contribution >= 0.6 is 0 Å². The predicted octanol–water partition coefficient (Wildman–Crippen LogP) is 1.75. The summed E-state index contributed by atoms with van der Waals surface area (Å²) in [5.41, 5.74) is 2.13. The normalized spacial score (nSPS) is 13.2. The summed E-state index contributed by atoms with van der Waals surface area (Å²) >= 11 is 0. The smallest absolute Gasteiger partial charge is 0.156 e. The molecule has 0 aliphatic carbocycles. The molecule has 4 nitrogen and oxygen atoms in total. The number of nitrogens with zero attached hydrogens (tertiary/aromatic N) is 3. The van der Waals surface area contributed by atoms with E-state index in [1.54, 1.807) is 0 Å². The predicted molar refractivity (Wildman–Crippen MR) is 64.7 cm³/mol. The Morgan fingerprint density at radius 2 is 2.25 bits per heavy atom. The molecule has 1 atom stereocenters. The standard InChI is InChI=1S/C12H18N4/c1-4-10(7-13-3)12-14-11-6-5-9(2)8-16(11)15-12/h5-6,8,10,13H,4,7H2,1-3H3. The van der Waals surface area contributed by atoms with Gasteiger partial charge in [-0.2, -0.15) is 5.10 Å². The minimum Gasteiger partial charge on any atom is -0.319 e. The number of hydrogen-bond donors (Lipinski definition) is 1. The van der Waals surface area contributed by atoms with Crippen LogP contribution in [-0.2, 0) is 0 Å². The molecule has 0 amide bonds. The summed E-state index contributed by atoms with van der Waals surface area (Å²) < 4.78 is 1.86. The molecular formula is C12H18N4. The van der Waals surface area contributed by atoms with Crippen molar-refractivity contribution in [2.45, 2.75) is 26.2 Å². The number of likely N-dealkylation sites (N-methyl/N-ethyl adjacent to an activating group) is 1. The van der Waals surface area contributed by atoms with Crippen LogP contribution in [-0.4, -0.2) is 28.2 Å². The molecule has 0 saturated carbocycles. The Balaban J connectivity index is 2.37. The second-order valence-corrected chi connectivity index (χ2v) is 4.14. The van der Waals surface area contributed by atoms with Crippen molar-refractivity contribution in [2.75, 3.05) is 13.6 Å². The molecule has 0 spiro atoms. The molecule has 0 fully saturated rings. The van der Waals surface area contributed by atoms with Gasteiger partial charge < -0.3 is 5.32 Å². The van der Waals surface area contributed by atoms with E-state index in [0.29, 0.717) is 5.92 Å². The Kier molecular flexibility index (Phi) is 3.19. The summed E-state index contributed by atoms with van der Waals surface area (Å²) in [4.78, 5) is 4.56. The zero-order valence-electron chi connectivity index (χ0n) is 10.1. The fourth-order valence-corrected chi connectivity index (χ4v) is 1.84. The van der Waals surface area contributed by atoms with E-state index in [-0.39, 0.29) is 0 Å². The van der Waals surface area contributed by atoms with Crippen LogP contribution in [0, 0.1) is 6.92 Å². The lowest BCUT2D eigenvalue weighted by atomic mass is 10.1. The fourth-order valence-electron chi connectivity index (χ4n) is 1.84. The Hall–Kier alpha value is -1.42. The summed E-state index contributed by atoms with van der Waals surface area (Å²) in [6.07, 6.45) is 3.06. The van der Waals surface area contributed by atoms with E-state index in [9.17, 15) is 0 Å². The maximum Gasteiger partial charge on any atom is 0.156 e. The summed E-state index contributed by atoms with van der Waals surface area (Å²) in [7, 11) is 1.96. The van der Waals surface area contributed by atoms with Gasteiger partial charge in [0.2, 0.25) is 0 Å². The molecule has 2 aromatic rings. The van der Waals surface area contributed by atoms with Crippen LogP contribution in [0.25, 0.3) is 5.65 Å². The van der Waals surface area contributed by atoms with E-state index >= 15 is 0 Å². The van der Waals surface area contributed by atoms with E-state index in [0.717, 1.165) is 24.4 Å². The number of rotatable bonds is 4. The minimum absolute atomic E-state index is 0.394. The highest BCUT2D eigenvalue weighted by Gasteiger charge is 2.14. The monoisotopic (exact) mass is 218 g/mol. The van der Waals surface area contributed by atoms with E-state index in [4.69, 9.17) is 0 Å². The maximum atomic E-state index is 4.56. The molecule has 0 saturated heterocycles. The fraction of sp³-hybridized carbons (Fsp3) is 0.500. The van der Waals surface area contributed by atoms with Crippen LogP contribution < -0.4 is 5.32 Å². The quantitative estimate of drug-likeness (QED) is 0.850. The summed E-state index contributed by atoms with van der Waals surface area (Å²) in [6, 6.07) is 4.07. The Labute approximate surface area is 95.7 Å². The van der Waals surface area contributed by atoms with Gasteiger partial charge in [0.1, 0.15) is 0 Å². The SMILES string of the molecule is CCC(CNC)c1nc2ccc(C)cn2n1. The second kappa shape index (κ2) is 4.61. The van der Waals surface area contributed by atoms with Gasteiger partial charge in [-0.15, -0.1) is 0 Å². The number of nitrogens with one attached hydrogen (secondary N) is 1. The van der Waals surface area contributed by atoms with Crippen molar-refractivity contribution in [3.8, 4) is 0 Å². The number of aromatic nitrogens is 3. The largest absolute Gasteiger partial charge is 0.319 e. The molecule has 1 N–H and O–H groups in total. The molecule has 0 radical (unpaired) electrons. The van der Waals surface area contributed by atoms with E-state index in [2.05, 4.69) is 35.3 Å². The van der Waals surface area contributed by atoms with Crippen LogP contribution in [0.3, 0.4) is 0 Å². The topological polar surface area (TPSA) is 42.2 Å². The van der Waals surface area contributed by atoms with Gasteiger partial charge in [0.15, 0.2) is 11.5 Å². The minimum atomic E-state index is 0.394. The van der Waals surface area contributed by atoms with Gasteiger partial charge in [-0.3, -0.25) is 0 Å². The molecule has 2 heterocycles. The van der Waals surface area contributed by atoms with Gasteiger partial charge in [0, 0.05) is 18.7 Å². The van der Waals surface area contributed by atoms with Crippen molar-refractivity contribution in [3.63, 3.8) is 0 Å². The first-order chi connectivity index (χ1) is 7.74. The van der Waals surface area contributed by atoms with E-state index in [1.807, 2.05) is 23.8 Å². The number of pyridine rings is 1. The Bertz CT molecular complexity index is 475. The molecule has 0 aromatic carbocycles. The van der Waals surface area contributed by atoms with Gasteiger partial charge in [0.05, 0.1) is 0 Å². The molecule has 1 unspecified atom stereocenters. The van der Waals surface area contributed by atoms with Crippen LogP contribution in [0.2, 0.25) is 0 Å². The lowest BCUT2D eigenvalue weighted by Crippen LogP contribution is -2.17. The van der Waals surface area contributed by atoms with Crippen molar-refractivity contribution in [2.24, 2.45) is 0 Å². The molecule has 16 heavy (non-hydrogen) atoms. The molecule has 0 aliphatic heterocycles. The molecule has 86 valence electrons. The van der Waals surface area contributed by atoms with Crippen LogP contribution in [0.15, 0.2) is 18.3 Å². The van der Waals surface area contributed by atoms with Crippen molar-refractivity contribution in [1.82, 2.24) is 19.9 Å². The van der Waals surface area contributed by atoms with Gasteiger partial charge in [0.25, 0.3) is 0 Å². The Morgan fingerprint density at radius 3 is 2.94 bits per heavy atom. The van der Waals surface area contributed by atoms with Gasteiger partial charge in [-0.25, -0.2) is 9.50 Å². The first kappa shape index (κ1) is 11.1. The first-order valence-electron chi connectivity index (χ1n) is 5.72. The van der Waals surface area contributed by atoms with Crippen molar-refractivity contribution >= 4 is 5.65 Å². The van der Waals surface area contributed by atoms with Crippen LogP contribution in [0.1, 0.15) is 30.7 Å². The number of aryl methyl sites for hydroxylation is 1. The van der Waals surface area contributed by atoms with Gasteiger partial charge in [-0.05, 0) is 32.0 Å². The van der Waals surface area contributed by atoms with Crippen molar-refractivity contribution in [3.05, 3.63) is 29.7 Å². The molecule has 2 rings (SSSR count). The number of fused-ring (bicyclic) bond motifs is 1. The maximum absolute atomic E-state index is 4.56. The molecular weight excluding hydrogens is 200 g/mol. The highest BCUT2D eigenvalue weighted by Crippen LogP contribution is 2.15. The first-order valence-corrected chi connectivity index (χ1v) is 5.72. The zero-order valence-corrected chi connectivity index (χ0v) is 10.1. The average molecular weight is 218 g/mol. The number of hydrogen-bond acceptors (Lipinski definition) is 3. The lowest BCUT2D eigenvalue weighted by Gasteiger charge is -2.08. The summed E-state index contributed by atoms with van der Waals surface area (Å²) in [6.45, 7) is 5.15. The van der Waals surface area contributed by atoms with E-state index < -0.39 is 0 Å². The third kappa shape index (κ3) is 2.07. The molecule has 4 heteroatoms. The van der Waals surface area contributed by atoms with Crippen molar-refractivity contribution in [1.29, 1.82) is 0 Å². The Morgan fingerprint density at radius 1 is 1.44 bits per heavy atom. The van der Waals surface area contributed by atoms with Crippen LogP contribution in [0.5, 0.6) is 0 Å². The molecule has 0 aliphatic rings. The van der Waals surface area contributed by atoms with Crippen molar-refractivity contribution < 1.29 is 0 Å². The highest BCUT2D eigenvalue weighted by molar-refractivity contribution is 5.38. The molecule has 2 aromatic heterocycles. The molecule has 0 bridgehead atoms. The third-order valence-corrected chi connectivity index (χ3v) is 2.80. The van der Waals surface area contributed by atoms with Gasteiger partial charge in [-0.1, -0.05) is 13.0 Å². The van der Waals surface area contributed by atoms with Gasteiger partial charge >= 0.3 is 0 Å². The van der Waals surface area contributed by atoms with E-state index in [1.165, 1.54) is 5.56 Å². The zero-order chi connectivity index (χ0) is 11.5. The van der Waals surface area contributed by atoms with Crippen LogP contribution in [0.4, 0.5) is 0 Å².